The van der Waals surface area contributed by atoms with Crippen molar-refractivity contribution in [2.75, 3.05) is 18.4 Å². The van der Waals surface area contributed by atoms with Crippen molar-refractivity contribution in [1.29, 1.82) is 0 Å². The highest BCUT2D eigenvalue weighted by molar-refractivity contribution is 5.35. The highest BCUT2D eigenvalue weighted by atomic mass is 16.1. The van der Waals surface area contributed by atoms with Crippen LogP contribution >= 0.6 is 0 Å². The van der Waals surface area contributed by atoms with E-state index in [-0.39, 0.29) is 5.56 Å². The predicted molar refractivity (Wildman–Crippen MR) is 78.1 cm³/mol. The Hall–Kier alpha value is -1.36. The van der Waals surface area contributed by atoms with Gasteiger partial charge in [0.2, 0.25) is 0 Å². The summed E-state index contributed by atoms with van der Waals surface area (Å²) in [4.78, 5) is 21.8. The number of nitrogens with one attached hydrogen (secondary N) is 2. The van der Waals surface area contributed by atoms with Gasteiger partial charge in [0.1, 0.15) is 11.6 Å². The van der Waals surface area contributed by atoms with Crippen LogP contribution in [0.2, 0.25) is 0 Å². The lowest BCUT2D eigenvalue weighted by molar-refractivity contribution is 0.188. The van der Waals surface area contributed by atoms with Gasteiger partial charge in [0.25, 0.3) is 5.56 Å². The fourth-order valence-corrected chi connectivity index (χ4v) is 3.67. The van der Waals surface area contributed by atoms with Gasteiger partial charge in [0.05, 0.1) is 0 Å². The van der Waals surface area contributed by atoms with Gasteiger partial charge in [-0.15, -0.1) is 0 Å². The molecule has 3 heterocycles. The summed E-state index contributed by atoms with van der Waals surface area (Å²) in [6.07, 6.45) is 7.33. The van der Waals surface area contributed by atoms with Crippen LogP contribution in [0, 0.1) is 0 Å². The molecule has 2 atom stereocenters. The van der Waals surface area contributed by atoms with Crippen molar-refractivity contribution in [2.45, 2.75) is 56.5 Å². The van der Waals surface area contributed by atoms with E-state index < -0.39 is 0 Å². The Labute approximate surface area is 118 Å². The van der Waals surface area contributed by atoms with Gasteiger partial charge in [0, 0.05) is 30.6 Å². The molecule has 0 aromatic carbocycles. The van der Waals surface area contributed by atoms with E-state index in [0.717, 1.165) is 36.9 Å². The van der Waals surface area contributed by atoms with Crippen molar-refractivity contribution < 1.29 is 0 Å². The van der Waals surface area contributed by atoms with Crippen molar-refractivity contribution in [3.63, 3.8) is 0 Å². The number of nitrogens with zero attached hydrogens (tertiary/aromatic N) is 2. The zero-order valence-electron chi connectivity index (χ0n) is 11.8. The Bertz CT molecular complexity index is 551. The number of fused-ring (bicyclic) bond motifs is 1. The molecule has 1 aromatic rings. The van der Waals surface area contributed by atoms with Crippen molar-refractivity contribution in [1.82, 2.24) is 14.9 Å². The van der Waals surface area contributed by atoms with Crippen LogP contribution < -0.4 is 10.9 Å². The molecule has 108 valence electrons. The summed E-state index contributed by atoms with van der Waals surface area (Å²) in [6.45, 7) is 2.45. The number of anilines is 1. The third kappa shape index (κ3) is 2.46. The molecule has 1 aliphatic carbocycles. The molecule has 2 N–H and O–H groups in total. The van der Waals surface area contributed by atoms with Gasteiger partial charge in [-0.25, -0.2) is 4.98 Å². The molecule has 1 aromatic heterocycles. The first-order valence-corrected chi connectivity index (χ1v) is 7.90. The summed E-state index contributed by atoms with van der Waals surface area (Å²) in [6, 6.07) is 2.81. The summed E-state index contributed by atoms with van der Waals surface area (Å²) in [5.74, 6) is 2.13. The molecule has 4 rings (SSSR count). The van der Waals surface area contributed by atoms with Crippen LogP contribution in [0.3, 0.4) is 0 Å². The van der Waals surface area contributed by atoms with Gasteiger partial charge >= 0.3 is 0 Å². The average Bonchev–Trinajstić information content (AvgIpc) is 3.17. The Morgan fingerprint density at radius 1 is 1.25 bits per heavy atom. The summed E-state index contributed by atoms with van der Waals surface area (Å²) >= 11 is 0. The third-order valence-corrected chi connectivity index (χ3v) is 4.90. The normalized spacial score (nSPS) is 30.2. The Kier molecular flexibility index (Phi) is 3.02. The number of H-pyrrole nitrogens is 1. The van der Waals surface area contributed by atoms with Gasteiger partial charge in [-0.2, -0.15) is 0 Å². The molecule has 5 nitrogen and oxygen atoms in total. The van der Waals surface area contributed by atoms with E-state index in [9.17, 15) is 4.79 Å². The molecule has 1 saturated carbocycles. The Morgan fingerprint density at radius 2 is 2.15 bits per heavy atom. The molecule has 0 spiro atoms. The highest BCUT2D eigenvalue weighted by Crippen LogP contribution is 2.37. The SMILES string of the molecule is O=c1cc(NC2CCN3CCCC3C2)nc(C2CC2)[nH]1. The van der Waals surface area contributed by atoms with Crippen LogP contribution in [0.25, 0.3) is 0 Å². The molecule has 5 heteroatoms. The van der Waals surface area contributed by atoms with E-state index in [1.165, 1.54) is 32.4 Å². The number of hydrogen-bond acceptors (Lipinski definition) is 4. The molecule has 2 saturated heterocycles. The quantitative estimate of drug-likeness (QED) is 0.880. The van der Waals surface area contributed by atoms with E-state index in [2.05, 4.69) is 20.2 Å². The summed E-state index contributed by atoms with van der Waals surface area (Å²) in [7, 11) is 0. The Balaban J connectivity index is 1.47. The van der Waals surface area contributed by atoms with E-state index in [1.807, 2.05) is 0 Å². The van der Waals surface area contributed by atoms with Crippen molar-refractivity contribution >= 4 is 5.82 Å². The zero-order chi connectivity index (χ0) is 13.5. The standard InChI is InChI=1S/C15H22N4O/c20-14-9-13(17-15(18-14)10-3-4-10)16-11-5-7-19-6-1-2-12(19)8-11/h9-12H,1-8H2,(H2,16,17,18,20). The number of rotatable bonds is 3. The van der Waals surface area contributed by atoms with Crippen LogP contribution in [0.1, 0.15) is 50.3 Å². The second-order valence-corrected chi connectivity index (χ2v) is 6.49. The molecule has 3 fully saturated rings. The maximum absolute atomic E-state index is 11.7. The largest absolute Gasteiger partial charge is 0.367 e. The maximum atomic E-state index is 11.7. The molecule has 2 aliphatic heterocycles. The highest BCUT2D eigenvalue weighted by Gasteiger charge is 2.32. The van der Waals surface area contributed by atoms with Gasteiger partial charge < -0.3 is 15.2 Å². The van der Waals surface area contributed by atoms with Crippen LogP contribution in [0.15, 0.2) is 10.9 Å². The fraction of sp³-hybridized carbons (Fsp3) is 0.733. The van der Waals surface area contributed by atoms with Crippen LogP contribution in [0.4, 0.5) is 5.82 Å². The van der Waals surface area contributed by atoms with Crippen LogP contribution in [0.5, 0.6) is 0 Å². The lowest BCUT2D eigenvalue weighted by Crippen LogP contribution is -2.43. The van der Waals surface area contributed by atoms with E-state index in [1.54, 1.807) is 6.07 Å². The van der Waals surface area contributed by atoms with E-state index in [4.69, 9.17) is 0 Å². The minimum absolute atomic E-state index is 0.0253. The van der Waals surface area contributed by atoms with Gasteiger partial charge in [-0.1, -0.05) is 0 Å². The average molecular weight is 274 g/mol. The van der Waals surface area contributed by atoms with Crippen LogP contribution in [-0.4, -0.2) is 40.0 Å². The Morgan fingerprint density at radius 3 is 3.00 bits per heavy atom. The molecule has 0 radical (unpaired) electrons. The third-order valence-electron chi connectivity index (χ3n) is 4.90. The smallest absolute Gasteiger partial charge is 0.252 e. The molecule has 3 aliphatic rings. The zero-order valence-corrected chi connectivity index (χ0v) is 11.8. The summed E-state index contributed by atoms with van der Waals surface area (Å²) in [5.41, 5.74) is -0.0253. The van der Waals surface area contributed by atoms with E-state index >= 15 is 0 Å². The van der Waals surface area contributed by atoms with Gasteiger partial charge in [-0.3, -0.25) is 4.79 Å². The second-order valence-electron chi connectivity index (χ2n) is 6.49. The fourth-order valence-electron chi connectivity index (χ4n) is 3.67. The summed E-state index contributed by atoms with van der Waals surface area (Å²) < 4.78 is 0. The van der Waals surface area contributed by atoms with Gasteiger partial charge in [0.15, 0.2) is 0 Å². The molecule has 2 unspecified atom stereocenters. The number of aromatic amines is 1. The number of hydrogen-bond donors (Lipinski definition) is 2. The van der Waals surface area contributed by atoms with Gasteiger partial charge in [-0.05, 0) is 45.1 Å². The lowest BCUT2D eigenvalue weighted by Gasteiger charge is -2.35. The van der Waals surface area contributed by atoms with Crippen molar-refractivity contribution in [2.24, 2.45) is 0 Å². The molecular weight excluding hydrogens is 252 g/mol. The molecule has 0 amide bonds. The minimum Gasteiger partial charge on any atom is -0.367 e. The molecule has 20 heavy (non-hydrogen) atoms. The van der Waals surface area contributed by atoms with Crippen molar-refractivity contribution in [3.8, 4) is 0 Å². The predicted octanol–water partition coefficient (Wildman–Crippen LogP) is 1.69. The first-order chi connectivity index (χ1) is 9.78. The summed E-state index contributed by atoms with van der Waals surface area (Å²) in [5, 5.41) is 3.50. The molecular formula is C15H22N4O. The number of piperidine rings is 1. The first kappa shape index (κ1) is 12.4. The monoisotopic (exact) mass is 274 g/mol. The minimum atomic E-state index is -0.0253. The van der Waals surface area contributed by atoms with Crippen LogP contribution in [-0.2, 0) is 0 Å². The topological polar surface area (TPSA) is 61.0 Å². The van der Waals surface area contributed by atoms with E-state index in [0.29, 0.717) is 12.0 Å². The first-order valence-electron chi connectivity index (χ1n) is 7.90. The molecule has 0 bridgehead atoms. The second kappa shape index (κ2) is 4.88. The maximum Gasteiger partial charge on any atom is 0.252 e. The lowest BCUT2D eigenvalue weighted by atomic mass is 9.97. The number of aromatic nitrogens is 2. The van der Waals surface area contributed by atoms with Crippen molar-refractivity contribution in [3.05, 3.63) is 22.2 Å².